The molecule has 0 aromatic heterocycles. The van der Waals surface area contributed by atoms with E-state index in [0.717, 1.165) is 5.69 Å². The molecule has 1 aliphatic heterocycles. The highest BCUT2D eigenvalue weighted by atomic mass is 16.5. The summed E-state index contributed by atoms with van der Waals surface area (Å²) in [6, 6.07) is 10.5. The first-order valence-electron chi connectivity index (χ1n) is 6.66. The van der Waals surface area contributed by atoms with E-state index in [1.807, 2.05) is 52.8 Å². The van der Waals surface area contributed by atoms with Crippen LogP contribution >= 0.6 is 0 Å². The number of nitrogens with zero attached hydrogens (tertiary/aromatic N) is 1. The maximum absolute atomic E-state index is 9.72. The molecule has 0 aliphatic carbocycles. The van der Waals surface area contributed by atoms with Gasteiger partial charge in [0.15, 0.2) is 5.54 Å². The largest absolute Gasteiger partial charge is 0.366 e. The summed E-state index contributed by atoms with van der Waals surface area (Å²) in [5.74, 6) is 0. The van der Waals surface area contributed by atoms with Crippen LogP contribution in [0.3, 0.4) is 0 Å². The molecule has 1 saturated heterocycles. The predicted molar refractivity (Wildman–Crippen MR) is 77.0 cm³/mol. The SMILES string of the molecule is Cc1cccc(NC2(C#N)CC(C)(C)OC2(C)C)c1. The lowest BCUT2D eigenvalue weighted by molar-refractivity contribution is -0.0713. The fraction of sp³-hybridized carbons (Fsp3) is 0.562. The van der Waals surface area contributed by atoms with E-state index in [9.17, 15) is 5.26 Å². The molecule has 1 aromatic carbocycles. The minimum absolute atomic E-state index is 0.296. The smallest absolute Gasteiger partial charge is 0.156 e. The van der Waals surface area contributed by atoms with Crippen molar-refractivity contribution in [1.29, 1.82) is 5.26 Å². The Labute approximate surface area is 115 Å². The summed E-state index contributed by atoms with van der Waals surface area (Å²) in [6.45, 7) is 10.1. The van der Waals surface area contributed by atoms with Crippen LogP contribution in [-0.2, 0) is 4.74 Å². The molecule has 0 radical (unpaired) electrons. The van der Waals surface area contributed by atoms with Crippen molar-refractivity contribution in [2.24, 2.45) is 0 Å². The number of aryl methyl sites for hydroxylation is 1. The van der Waals surface area contributed by atoms with Gasteiger partial charge in [-0.05, 0) is 52.3 Å². The summed E-state index contributed by atoms with van der Waals surface area (Å²) in [5, 5.41) is 13.1. The molecule has 1 unspecified atom stereocenters. The number of hydrogen-bond acceptors (Lipinski definition) is 3. The number of rotatable bonds is 2. The molecular weight excluding hydrogens is 236 g/mol. The summed E-state index contributed by atoms with van der Waals surface area (Å²) in [7, 11) is 0. The van der Waals surface area contributed by atoms with E-state index >= 15 is 0 Å². The third kappa shape index (κ3) is 2.46. The zero-order valence-corrected chi connectivity index (χ0v) is 12.4. The Kier molecular flexibility index (Phi) is 3.10. The van der Waals surface area contributed by atoms with Gasteiger partial charge in [0.25, 0.3) is 0 Å². The van der Waals surface area contributed by atoms with Gasteiger partial charge >= 0.3 is 0 Å². The van der Waals surface area contributed by atoms with E-state index in [1.54, 1.807) is 0 Å². The van der Waals surface area contributed by atoms with Gasteiger partial charge in [-0.1, -0.05) is 12.1 Å². The Morgan fingerprint density at radius 2 is 1.95 bits per heavy atom. The molecule has 1 N–H and O–H groups in total. The standard InChI is InChI=1S/C16H22N2O/c1-12-7-6-8-13(9-12)18-16(11-17)10-14(2,3)19-15(16,4)5/h6-9,18H,10H2,1-5H3. The molecule has 1 atom stereocenters. The molecule has 1 aromatic rings. The second-order valence-corrected chi connectivity index (χ2v) is 6.56. The van der Waals surface area contributed by atoms with E-state index < -0.39 is 11.1 Å². The van der Waals surface area contributed by atoms with Crippen molar-refractivity contribution in [3.05, 3.63) is 29.8 Å². The molecule has 0 saturated carbocycles. The van der Waals surface area contributed by atoms with Gasteiger partial charge in [0.2, 0.25) is 0 Å². The Morgan fingerprint density at radius 3 is 2.42 bits per heavy atom. The van der Waals surface area contributed by atoms with Gasteiger partial charge in [-0.3, -0.25) is 0 Å². The van der Waals surface area contributed by atoms with Crippen molar-refractivity contribution in [3.63, 3.8) is 0 Å². The highest BCUT2D eigenvalue weighted by Crippen LogP contribution is 2.46. The van der Waals surface area contributed by atoms with Gasteiger partial charge in [-0.25, -0.2) is 0 Å². The first-order chi connectivity index (χ1) is 8.70. The third-order valence-corrected chi connectivity index (χ3v) is 3.82. The summed E-state index contributed by atoms with van der Waals surface area (Å²) >= 11 is 0. The van der Waals surface area contributed by atoms with Crippen molar-refractivity contribution >= 4 is 5.69 Å². The molecule has 3 nitrogen and oxygen atoms in total. The second-order valence-electron chi connectivity index (χ2n) is 6.56. The Hall–Kier alpha value is -1.53. The van der Waals surface area contributed by atoms with Crippen molar-refractivity contribution in [2.45, 2.75) is 57.8 Å². The molecule has 0 amide bonds. The zero-order valence-electron chi connectivity index (χ0n) is 12.4. The van der Waals surface area contributed by atoms with Crippen LogP contribution in [0.25, 0.3) is 0 Å². The number of ether oxygens (including phenoxy) is 1. The summed E-state index contributed by atoms with van der Waals surface area (Å²) in [5.41, 5.74) is 0.611. The van der Waals surface area contributed by atoms with Gasteiger partial charge in [0.05, 0.1) is 17.3 Å². The van der Waals surface area contributed by atoms with Crippen LogP contribution in [0.5, 0.6) is 0 Å². The predicted octanol–water partition coefficient (Wildman–Crippen LogP) is 3.65. The molecule has 19 heavy (non-hydrogen) atoms. The minimum Gasteiger partial charge on any atom is -0.366 e. The maximum atomic E-state index is 9.72. The quantitative estimate of drug-likeness (QED) is 0.880. The van der Waals surface area contributed by atoms with Crippen LogP contribution < -0.4 is 5.32 Å². The molecule has 2 rings (SSSR count). The van der Waals surface area contributed by atoms with Crippen LogP contribution in [-0.4, -0.2) is 16.7 Å². The molecule has 3 heteroatoms. The van der Waals surface area contributed by atoms with Crippen LogP contribution in [0.2, 0.25) is 0 Å². The van der Waals surface area contributed by atoms with Crippen molar-refractivity contribution in [1.82, 2.24) is 0 Å². The van der Waals surface area contributed by atoms with E-state index in [4.69, 9.17) is 4.74 Å². The fourth-order valence-corrected chi connectivity index (χ4v) is 3.03. The number of benzene rings is 1. The minimum atomic E-state index is -0.704. The molecule has 1 aliphatic rings. The molecule has 1 fully saturated rings. The summed E-state index contributed by atoms with van der Waals surface area (Å²) < 4.78 is 6.06. The van der Waals surface area contributed by atoms with E-state index in [1.165, 1.54) is 5.56 Å². The first-order valence-corrected chi connectivity index (χ1v) is 6.66. The summed E-state index contributed by atoms with van der Waals surface area (Å²) in [4.78, 5) is 0. The van der Waals surface area contributed by atoms with Gasteiger partial charge in [-0.15, -0.1) is 0 Å². The van der Waals surface area contributed by atoms with E-state index in [0.29, 0.717) is 6.42 Å². The number of anilines is 1. The highest BCUT2D eigenvalue weighted by Gasteiger charge is 2.58. The van der Waals surface area contributed by atoms with Crippen LogP contribution in [0.4, 0.5) is 5.69 Å². The topological polar surface area (TPSA) is 45.0 Å². The van der Waals surface area contributed by atoms with Crippen molar-refractivity contribution in [3.8, 4) is 6.07 Å². The van der Waals surface area contributed by atoms with Gasteiger partial charge in [-0.2, -0.15) is 5.26 Å². The normalized spacial score (nSPS) is 27.8. The van der Waals surface area contributed by atoms with Crippen molar-refractivity contribution < 1.29 is 4.74 Å². The van der Waals surface area contributed by atoms with Crippen LogP contribution in [0.15, 0.2) is 24.3 Å². The number of nitrogens with one attached hydrogen (secondary N) is 1. The average molecular weight is 258 g/mol. The molecule has 102 valence electrons. The lowest BCUT2D eigenvalue weighted by atomic mass is 9.80. The number of hydrogen-bond donors (Lipinski definition) is 1. The average Bonchev–Trinajstić information content (AvgIpc) is 2.43. The lowest BCUT2D eigenvalue weighted by Gasteiger charge is -2.35. The Bertz CT molecular complexity index is 528. The third-order valence-electron chi connectivity index (χ3n) is 3.82. The van der Waals surface area contributed by atoms with Gasteiger partial charge < -0.3 is 10.1 Å². The van der Waals surface area contributed by atoms with Crippen LogP contribution in [0.1, 0.15) is 39.7 Å². The first kappa shape index (κ1) is 13.9. The highest BCUT2D eigenvalue weighted by molar-refractivity contribution is 5.51. The monoisotopic (exact) mass is 258 g/mol. The second kappa shape index (κ2) is 4.25. The molecule has 1 heterocycles. The van der Waals surface area contributed by atoms with E-state index in [2.05, 4.69) is 17.5 Å². The Morgan fingerprint density at radius 1 is 1.26 bits per heavy atom. The van der Waals surface area contributed by atoms with Gasteiger partial charge in [0.1, 0.15) is 0 Å². The molecule has 0 spiro atoms. The van der Waals surface area contributed by atoms with Crippen molar-refractivity contribution in [2.75, 3.05) is 5.32 Å². The number of nitriles is 1. The van der Waals surface area contributed by atoms with Gasteiger partial charge in [0, 0.05) is 12.1 Å². The maximum Gasteiger partial charge on any atom is 0.156 e. The fourth-order valence-electron chi connectivity index (χ4n) is 3.03. The lowest BCUT2D eigenvalue weighted by Crippen LogP contribution is -2.51. The molecular formula is C16H22N2O. The molecule has 0 bridgehead atoms. The Balaban J connectivity index is 2.37. The summed E-state index contributed by atoms with van der Waals surface area (Å²) in [6.07, 6.45) is 0.664. The zero-order chi connectivity index (χ0) is 14.3. The van der Waals surface area contributed by atoms with E-state index in [-0.39, 0.29) is 5.60 Å². The van der Waals surface area contributed by atoms with Crippen LogP contribution in [0, 0.1) is 18.3 Å².